The minimum atomic E-state index is -0.0614. The second-order valence-corrected chi connectivity index (χ2v) is 12.5. The second-order valence-electron chi connectivity index (χ2n) is 12.5. The molecule has 0 radical (unpaired) electrons. The summed E-state index contributed by atoms with van der Waals surface area (Å²) < 4.78 is 0. The fourth-order valence-corrected chi connectivity index (χ4v) is 7.94. The zero-order chi connectivity index (χ0) is 28.7. The van der Waals surface area contributed by atoms with Crippen LogP contribution in [0.2, 0.25) is 0 Å². The zero-order valence-corrected chi connectivity index (χ0v) is 24.4. The summed E-state index contributed by atoms with van der Waals surface area (Å²) in [6.45, 7) is 4.76. The summed E-state index contributed by atoms with van der Waals surface area (Å²) in [5.41, 5.74) is 10.7. The van der Waals surface area contributed by atoms with Crippen LogP contribution in [0.5, 0.6) is 0 Å². The van der Waals surface area contributed by atoms with Crippen molar-refractivity contribution in [3.8, 4) is 33.4 Å². The van der Waals surface area contributed by atoms with Crippen LogP contribution < -0.4 is 0 Å². The lowest BCUT2D eigenvalue weighted by Gasteiger charge is -2.25. The quantitative estimate of drug-likeness (QED) is 0.189. The lowest BCUT2D eigenvalue weighted by atomic mass is 9.78. The van der Waals surface area contributed by atoms with Gasteiger partial charge in [-0.1, -0.05) is 147 Å². The largest absolute Gasteiger partial charge is 0.0619 e. The minimum Gasteiger partial charge on any atom is -0.0619 e. The van der Waals surface area contributed by atoms with Gasteiger partial charge in [-0.05, 0) is 99.7 Å². The van der Waals surface area contributed by atoms with Gasteiger partial charge in [0.05, 0.1) is 0 Å². The van der Waals surface area contributed by atoms with E-state index in [9.17, 15) is 0 Å². The molecule has 0 saturated heterocycles. The number of fused-ring (bicyclic) bond motifs is 8. The van der Waals surface area contributed by atoms with E-state index in [1.54, 1.807) is 0 Å². The van der Waals surface area contributed by atoms with E-state index in [2.05, 4.69) is 159 Å². The third-order valence-corrected chi connectivity index (χ3v) is 9.80. The van der Waals surface area contributed by atoms with Crippen molar-refractivity contribution in [3.63, 3.8) is 0 Å². The highest BCUT2D eigenvalue weighted by Crippen LogP contribution is 2.54. The van der Waals surface area contributed by atoms with Gasteiger partial charge in [-0.2, -0.15) is 0 Å². The van der Waals surface area contributed by atoms with Crippen LogP contribution in [0.15, 0.2) is 146 Å². The smallest absolute Gasteiger partial charge is 0.0165 e. The summed E-state index contributed by atoms with van der Waals surface area (Å²) in [5, 5.41) is 10.4. The van der Waals surface area contributed by atoms with Crippen LogP contribution >= 0.6 is 0 Å². The van der Waals surface area contributed by atoms with Crippen molar-refractivity contribution in [2.24, 2.45) is 0 Å². The van der Waals surface area contributed by atoms with Gasteiger partial charge in [0, 0.05) is 5.41 Å². The Morgan fingerprint density at radius 3 is 1.60 bits per heavy atom. The van der Waals surface area contributed by atoms with Crippen LogP contribution in [0, 0.1) is 0 Å². The highest BCUT2D eigenvalue weighted by molar-refractivity contribution is 6.24. The Bertz CT molecular complexity index is 2360. The van der Waals surface area contributed by atoms with E-state index < -0.39 is 0 Å². The molecule has 0 unspecified atom stereocenters. The van der Waals surface area contributed by atoms with Crippen molar-refractivity contribution in [2.75, 3.05) is 0 Å². The van der Waals surface area contributed by atoms with Crippen LogP contribution in [0.3, 0.4) is 0 Å². The van der Waals surface area contributed by atoms with Crippen molar-refractivity contribution in [3.05, 3.63) is 157 Å². The molecule has 1 aliphatic rings. The second kappa shape index (κ2) is 8.90. The first kappa shape index (κ1) is 24.4. The Hall–Kier alpha value is -5.20. The van der Waals surface area contributed by atoms with Crippen LogP contribution in [0.4, 0.5) is 0 Å². The van der Waals surface area contributed by atoms with Gasteiger partial charge in [0.15, 0.2) is 0 Å². The molecule has 202 valence electrons. The standard InChI is InChI=1S/C43H30/c1-43(2)39-22-12-11-16-31(39)38-26-37(30-15-5-10-21-36(30)42(38)43)41-34-19-8-6-17-32(34)40(33-18-7-9-20-35(33)41)29-24-23-27-13-3-4-14-28(27)25-29/h3-26H,1-2H3. The first-order chi connectivity index (χ1) is 21.1. The molecule has 0 heteroatoms. The number of hydrogen-bond donors (Lipinski definition) is 0. The molecule has 0 fully saturated rings. The maximum Gasteiger partial charge on any atom is 0.0165 e. The molecule has 0 amide bonds. The molecule has 1 aliphatic carbocycles. The summed E-state index contributed by atoms with van der Waals surface area (Å²) in [7, 11) is 0. The zero-order valence-electron chi connectivity index (χ0n) is 24.4. The monoisotopic (exact) mass is 546 g/mol. The Balaban J connectivity index is 1.44. The highest BCUT2D eigenvalue weighted by atomic mass is 14.4. The maximum absolute atomic E-state index is 2.50. The van der Waals surface area contributed by atoms with Crippen LogP contribution in [0.25, 0.3) is 76.5 Å². The fraction of sp³-hybridized carbons (Fsp3) is 0.0698. The average Bonchev–Trinajstić information content (AvgIpc) is 3.29. The van der Waals surface area contributed by atoms with Gasteiger partial charge in [-0.15, -0.1) is 0 Å². The Morgan fingerprint density at radius 1 is 0.372 bits per heavy atom. The molecule has 0 atom stereocenters. The van der Waals surface area contributed by atoms with Gasteiger partial charge in [0.25, 0.3) is 0 Å². The predicted octanol–water partition coefficient (Wildman–Crippen LogP) is 11.9. The van der Waals surface area contributed by atoms with Crippen molar-refractivity contribution in [2.45, 2.75) is 19.3 Å². The van der Waals surface area contributed by atoms with E-state index in [1.165, 1.54) is 87.6 Å². The van der Waals surface area contributed by atoms with Crippen molar-refractivity contribution in [1.82, 2.24) is 0 Å². The van der Waals surface area contributed by atoms with Crippen LogP contribution in [-0.4, -0.2) is 0 Å². The number of rotatable bonds is 2. The Morgan fingerprint density at radius 2 is 0.907 bits per heavy atom. The molecule has 8 aromatic carbocycles. The van der Waals surface area contributed by atoms with Gasteiger partial charge in [-0.3, -0.25) is 0 Å². The van der Waals surface area contributed by atoms with E-state index in [1.807, 2.05) is 0 Å². The summed E-state index contributed by atoms with van der Waals surface area (Å²) in [6.07, 6.45) is 0. The van der Waals surface area contributed by atoms with Gasteiger partial charge in [0.2, 0.25) is 0 Å². The van der Waals surface area contributed by atoms with Gasteiger partial charge in [0.1, 0.15) is 0 Å². The molecule has 0 spiro atoms. The first-order valence-electron chi connectivity index (χ1n) is 15.2. The van der Waals surface area contributed by atoms with Crippen molar-refractivity contribution >= 4 is 43.1 Å². The Labute approximate surface area is 251 Å². The lowest BCUT2D eigenvalue weighted by molar-refractivity contribution is 0.666. The van der Waals surface area contributed by atoms with E-state index in [-0.39, 0.29) is 5.41 Å². The van der Waals surface area contributed by atoms with E-state index in [0.29, 0.717) is 0 Å². The summed E-state index contributed by atoms with van der Waals surface area (Å²) >= 11 is 0. The molecule has 8 aromatic rings. The SMILES string of the molecule is CC1(C)c2ccccc2-c2cc(-c3c4ccccc4c(-c4ccc5ccccc5c4)c4ccccc34)c3ccccc3c21. The third kappa shape index (κ3) is 3.38. The molecule has 0 aliphatic heterocycles. The molecule has 0 saturated carbocycles. The van der Waals surface area contributed by atoms with Gasteiger partial charge in [-0.25, -0.2) is 0 Å². The minimum absolute atomic E-state index is 0.0614. The molecule has 0 bridgehead atoms. The molecule has 0 aromatic heterocycles. The predicted molar refractivity (Wildman–Crippen MR) is 185 cm³/mol. The molecule has 0 nitrogen and oxygen atoms in total. The van der Waals surface area contributed by atoms with E-state index in [0.717, 1.165) is 0 Å². The molecule has 9 rings (SSSR count). The van der Waals surface area contributed by atoms with E-state index in [4.69, 9.17) is 0 Å². The average molecular weight is 547 g/mol. The Kier molecular flexibility index (Phi) is 5.05. The van der Waals surface area contributed by atoms with Crippen molar-refractivity contribution < 1.29 is 0 Å². The molecular weight excluding hydrogens is 516 g/mol. The summed E-state index contributed by atoms with van der Waals surface area (Å²) in [5.74, 6) is 0. The van der Waals surface area contributed by atoms with Crippen LogP contribution in [-0.2, 0) is 5.41 Å². The first-order valence-corrected chi connectivity index (χ1v) is 15.2. The third-order valence-electron chi connectivity index (χ3n) is 9.80. The molecule has 0 heterocycles. The normalized spacial score (nSPS) is 13.5. The lowest BCUT2D eigenvalue weighted by Crippen LogP contribution is -2.15. The maximum atomic E-state index is 2.50. The number of hydrogen-bond acceptors (Lipinski definition) is 0. The molecule has 0 N–H and O–H groups in total. The molecule has 43 heavy (non-hydrogen) atoms. The fourth-order valence-electron chi connectivity index (χ4n) is 7.94. The van der Waals surface area contributed by atoms with E-state index >= 15 is 0 Å². The summed E-state index contributed by atoms with van der Waals surface area (Å²) in [6, 6.07) is 54.1. The number of benzene rings is 8. The van der Waals surface area contributed by atoms with Gasteiger partial charge < -0.3 is 0 Å². The van der Waals surface area contributed by atoms with Crippen LogP contribution in [0.1, 0.15) is 25.0 Å². The molecular formula is C43H30. The van der Waals surface area contributed by atoms with Gasteiger partial charge >= 0.3 is 0 Å². The van der Waals surface area contributed by atoms with Crippen molar-refractivity contribution in [1.29, 1.82) is 0 Å². The topological polar surface area (TPSA) is 0 Å². The summed E-state index contributed by atoms with van der Waals surface area (Å²) in [4.78, 5) is 0. The highest BCUT2D eigenvalue weighted by Gasteiger charge is 2.37.